The second-order valence-corrected chi connectivity index (χ2v) is 10.9. The molecule has 3 heterocycles. The highest BCUT2D eigenvalue weighted by molar-refractivity contribution is 6.35. The number of nitrogens with one attached hydrogen (secondary N) is 3. The second-order valence-electron chi connectivity index (χ2n) is 10.9. The van der Waals surface area contributed by atoms with E-state index in [1.165, 1.54) is 0 Å². The van der Waals surface area contributed by atoms with Gasteiger partial charge < -0.3 is 30.2 Å². The number of fused-ring (bicyclic) bond motifs is 1. The molecule has 45 heavy (non-hydrogen) atoms. The van der Waals surface area contributed by atoms with E-state index in [9.17, 15) is 19.2 Å². The average Bonchev–Trinajstić information content (AvgIpc) is 3.58. The van der Waals surface area contributed by atoms with Crippen LogP contribution in [0.3, 0.4) is 0 Å². The van der Waals surface area contributed by atoms with Crippen molar-refractivity contribution in [3.05, 3.63) is 93.1 Å². The molecule has 0 saturated heterocycles. The summed E-state index contributed by atoms with van der Waals surface area (Å²) < 4.78 is 5.46. The summed E-state index contributed by atoms with van der Waals surface area (Å²) in [5.41, 5.74) is 11.0. The van der Waals surface area contributed by atoms with Crippen LogP contribution < -0.4 is 10.1 Å². The number of amides is 1. The zero-order valence-corrected chi connectivity index (χ0v) is 26.0. The van der Waals surface area contributed by atoms with Crippen molar-refractivity contribution in [2.75, 3.05) is 12.4 Å². The number of anilines is 1. The monoisotopic (exact) mass is 611 g/mol. The summed E-state index contributed by atoms with van der Waals surface area (Å²) in [5.74, 6) is -1.03. The first-order chi connectivity index (χ1) is 21.4. The number of aromatic amines is 2. The molecule has 0 bridgehead atoms. The third kappa shape index (κ3) is 7.23. The number of aromatic nitrogens is 2. The van der Waals surface area contributed by atoms with Crippen LogP contribution in [0.4, 0.5) is 5.69 Å². The Morgan fingerprint density at radius 2 is 1.40 bits per heavy atom. The number of para-hydroxylation sites is 1. The van der Waals surface area contributed by atoms with E-state index >= 15 is 0 Å². The number of methoxy groups -OCH3 is 1. The van der Waals surface area contributed by atoms with Gasteiger partial charge in [-0.1, -0.05) is 30.3 Å². The first-order valence-corrected chi connectivity index (χ1v) is 14.5. The molecule has 1 amide bonds. The molecule has 234 valence electrons. The molecule has 0 saturated carbocycles. The lowest BCUT2D eigenvalue weighted by Gasteiger charge is -2.09. The number of H-pyrrole nitrogens is 2. The Kier molecular flexibility index (Phi) is 10.1. The largest absolute Gasteiger partial charge is 0.496 e. The van der Waals surface area contributed by atoms with E-state index in [-0.39, 0.29) is 18.7 Å². The number of benzene rings is 2. The van der Waals surface area contributed by atoms with Gasteiger partial charge >= 0.3 is 11.9 Å². The van der Waals surface area contributed by atoms with Crippen LogP contribution in [0.5, 0.6) is 5.75 Å². The first-order valence-electron chi connectivity index (χ1n) is 14.5. The van der Waals surface area contributed by atoms with Crippen LogP contribution in [-0.4, -0.2) is 51.4 Å². The van der Waals surface area contributed by atoms with Crippen molar-refractivity contribution in [2.24, 2.45) is 0 Å². The van der Waals surface area contributed by atoms with Crippen molar-refractivity contribution in [3.8, 4) is 16.9 Å². The number of aldehydes is 1. The van der Waals surface area contributed by atoms with Gasteiger partial charge in [-0.3, -0.25) is 19.2 Å². The molecule has 10 heteroatoms. The predicted molar refractivity (Wildman–Crippen MR) is 173 cm³/mol. The second kappa shape index (κ2) is 13.9. The van der Waals surface area contributed by atoms with E-state index in [0.29, 0.717) is 24.1 Å². The quantitative estimate of drug-likeness (QED) is 0.104. The van der Waals surface area contributed by atoms with Crippen LogP contribution in [-0.2, 0) is 27.2 Å². The predicted octanol–water partition coefficient (Wildman–Crippen LogP) is 6.28. The summed E-state index contributed by atoms with van der Waals surface area (Å²) in [5, 5.41) is 20.5. The van der Waals surface area contributed by atoms with Crippen molar-refractivity contribution in [1.29, 1.82) is 0 Å². The van der Waals surface area contributed by atoms with Crippen LogP contribution in [0.1, 0.15) is 68.2 Å². The number of carboxylic acids is 2. The normalized spacial score (nSPS) is 12.7. The van der Waals surface area contributed by atoms with Gasteiger partial charge in [0, 0.05) is 46.7 Å². The first kappa shape index (κ1) is 32.5. The van der Waals surface area contributed by atoms with E-state index in [0.717, 1.165) is 73.7 Å². The van der Waals surface area contributed by atoms with Crippen molar-refractivity contribution in [1.82, 2.24) is 9.97 Å². The molecule has 1 aliphatic rings. The topological polar surface area (TPSA) is 162 Å². The lowest BCUT2D eigenvalue weighted by atomic mass is 9.98. The Bertz CT molecular complexity index is 1810. The fraction of sp³-hybridized carbons (Fsp3) is 0.257. The molecule has 0 unspecified atom stereocenters. The molecule has 2 aromatic carbocycles. The van der Waals surface area contributed by atoms with Gasteiger partial charge in [0.25, 0.3) is 5.91 Å². The van der Waals surface area contributed by atoms with Gasteiger partial charge in [-0.05, 0) is 86.6 Å². The Morgan fingerprint density at radius 3 is 1.96 bits per heavy atom. The van der Waals surface area contributed by atoms with Gasteiger partial charge in [0.1, 0.15) is 5.75 Å². The molecule has 0 aliphatic carbocycles. The molecule has 4 aromatic rings. The Hall–Kier alpha value is -5.38. The maximum Gasteiger partial charge on any atom is 0.303 e. The summed E-state index contributed by atoms with van der Waals surface area (Å²) in [6, 6.07) is 13.6. The van der Waals surface area contributed by atoms with Crippen molar-refractivity contribution in [3.63, 3.8) is 0 Å². The number of carbonyl (C=O) groups excluding carboxylic acids is 2. The molecule has 10 nitrogen and oxygen atoms in total. The summed E-state index contributed by atoms with van der Waals surface area (Å²) in [7, 11) is 1.64. The highest BCUT2D eigenvalue weighted by Gasteiger charge is 2.26. The SMILES string of the molecule is COc1ccccc1-c1ccc2c(c1)NC(=O)C2=Cc1[nH]c(C)c(CCC(=O)O)c1C.Cc1[nH]c(C=O)c(C)c1CCC(=O)O. The third-order valence-corrected chi connectivity index (χ3v) is 8.07. The molecule has 0 spiro atoms. The lowest BCUT2D eigenvalue weighted by Crippen LogP contribution is -2.03. The highest BCUT2D eigenvalue weighted by Crippen LogP contribution is 2.39. The van der Waals surface area contributed by atoms with E-state index in [1.807, 2.05) is 76.2 Å². The standard InChI is InChI=1S/C25H24N2O4.C10H13NO3/c1-14-17(10-11-24(28)29)15(2)26-21(14)13-20-19-9-8-16(12-22(19)27-25(20)30)18-6-4-5-7-23(18)31-3;1-6-8(3-4-10(13)14)7(2)11-9(6)5-12/h4-9,12-13,26H,10-11H2,1-3H3,(H,27,30)(H,28,29);5,11H,3-4H2,1-2H3,(H,13,14). The Balaban J connectivity index is 0.000000276. The average molecular weight is 612 g/mol. The Morgan fingerprint density at radius 1 is 0.822 bits per heavy atom. The number of carbonyl (C=O) groups is 4. The van der Waals surface area contributed by atoms with E-state index in [1.54, 1.807) is 7.11 Å². The number of ether oxygens (including phenoxy) is 1. The number of hydrogen-bond donors (Lipinski definition) is 5. The van der Waals surface area contributed by atoms with Gasteiger partial charge in [-0.25, -0.2) is 0 Å². The number of aryl methyl sites for hydroxylation is 2. The van der Waals surface area contributed by atoms with E-state index in [4.69, 9.17) is 14.9 Å². The molecule has 0 radical (unpaired) electrons. The summed E-state index contributed by atoms with van der Waals surface area (Å²) in [6.45, 7) is 7.54. The zero-order chi connectivity index (χ0) is 32.8. The molecular formula is C35H37N3O7. The minimum absolute atomic E-state index is 0.0740. The molecule has 0 atom stereocenters. The highest BCUT2D eigenvalue weighted by atomic mass is 16.5. The smallest absolute Gasteiger partial charge is 0.303 e. The van der Waals surface area contributed by atoms with E-state index in [2.05, 4.69) is 15.3 Å². The number of carboxylic acid groups (broad SMARTS) is 2. The molecule has 2 aromatic heterocycles. The fourth-order valence-corrected chi connectivity index (χ4v) is 5.64. The zero-order valence-electron chi connectivity index (χ0n) is 26.0. The number of rotatable bonds is 10. The summed E-state index contributed by atoms with van der Waals surface area (Å²) in [6.07, 6.45) is 3.70. The van der Waals surface area contributed by atoms with Crippen molar-refractivity contribution in [2.45, 2.75) is 53.4 Å². The van der Waals surface area contributed by atoms with Crippen molar-refractivity contribution >= 4 is 41.5 Å². The summed E-state index contributed by atoms with van der Waals surface area (Å²) in [4.78, 5) is 50.9. The Labute approximate surface area is 261 Å². The van der Waals surface area contributed by atoms with Gasteiger partial charge in [0.2, 0.25) is 0 Å². The van der Waals surface area contributed by atoms with Gasteiger partial charge in [0.15, 0.2) is 6.29 Å². The van der Waals surface area contributed by atoms with Gasteiger partial charge in [-0.15, -0.1) is 0 Å². The van der Waals surface area contributed by atoms with Crippen molar-refractivity contribution < 1.29 is 34.1 Å². The van der Waals surface area contributed by atoms with Crippen LogP contribution in [0.25, 0.3) is 22.8 Å². The maximum absolute atomic E-state index is 12.7. The third-order valence-electron chi connectivity index (χ3n) is 8.07. The summed E-state index contributed by atoms with van der Waals surface area (Å²) >= 11 is 0. The van der Waals surface area contributed by atoms with E-state index < -0.39 is 11.9 Å². The molecule has 0 fully saturated rings. The lowest BCUT2D eigenvalue weighted by molar-refractivity contribution is -0.138. The van der Waals surface area contributed by atoms with Gasteiger partial charge in [-0.2, -0.15) is 0 Å². The van der Waals surface area contributed by atoms with Crippen LogP contribution >= 0.6 is 0 Å². The van der Waals surface area contributed by atoms with Crippen LogP contribution in [0.15, 0.2) is 42.5 Å². The number of aliphatic carboxylic acids is 2. The molecule has 1 aliphatic heterocycles. The maximum atomic E-state index is 12.7. The molecular weight excluding hydrogens is 574 g/mol. The van der Waals surface area contributed by atoms with Crippen LogP contribution in [0, 0.1) is 27.7 Å². The molecule has 5 N–H and O–H groups in total. The minimum Gasteiger partial charge on any atom is -0.496 e. The number of hydrogen-bond acceptors (Lipinski definition) is 5. The molecule has 5 rings (SSSR count). The fourth-order valence-electron chi connectivity index (χ4n) is 5.64. The van der Waals surface area contributed by atoms with Crippen LogP contribution in [0.2, 0.25) is 0 Å². The van der Waals surface area contributed by atoms with Gasteiger partial charge in [0.05, 0.1) is 18.4 Å². The minimum atomic E-state index is -0.824.